The number of halogens is 2. The zero-order valence-corrected chi connectivity index (χ0v) is 12.6. The third-order valence-corrected chi connectivity index (χ3v) is 4.31. The van der Waals surface area contributed by atoms with Gasteiger partial charge < -0.3 is 4.90 Å². The van der Waals surface area contributed by atoms with E-state index in [1.807, 2.05) is 12.1 Å². The molecule has 1 aromatic carbocycles. The van der Waals surface area contributed by atoms with Crippen LogP contribution in [-0.2, 0) is 6.42 Å². The van der Waals surface area contributed by atoms with Crippen LogP contribution in [0.3, 0.4) is 0 Å². The third-order valence-electron chi connectivity index (χ3n) is 3.45. The molecular weight excluding hydrogens is 298 g/mol. The lowest BCUT2D eigenvalue weighted by atomic mass is 10.00. The smallest absolute Gasteiger partial charge is 0.0439 e. The van der Waals surface area contributed by atoms with Crippen molar-refractivity contribution in [1.82, 2.24) is 4.90 Å². The molecule has 2 rings (SSSR count). The average Bonchev–Trinajstić information content (AvgIpc) is 2.30. The molecule has 0 radical (unpaired) electrons. The quantitative estimate of drug-likeness (QED) is 0.800. The maximum Gasteiger partial charge on any atom is 0.0439 e. The first kappa shape index (κ1) is 13.4. The SMILES string of the molecule is CC1CCCN(CCc2cc(Br)ccc2Cl)C1. The van der Waals surface area contributed by atoms with Gasteiger partial charge in [0.1, 0.15) is 0 Å². The Morgan fingerprint density at radius 3 is 3.06 bits per heavy atom. The number of likely N-dealkylation sites (tertiary alicyclic amines) is 1. The topological polar surface area (TPSA) is 3.24 Å². The molecule has 0 aromatic heterocycles. The number of piperidine rings is 1. The monoisotopic (exact) mass is 315 g/mol. The molecule has 3 heteroatoms. The van der Waals surface area contributed by atoms with Crippen molar-refractivity contribution in [3.63, 3.8) is 0 Å². The fourth-order valence-corrected chi connectivity index (χ4v) is 3.12. The third kappa shape index (κ3) is 3.97. The maximum absolute atomic E-state index is 6.20. The minimum absolute atomic E-state index is 0.849. The highest BCUT2D eigenvalue weighted by atomic mass is 79.9. The summed E-state index contributed by atoms with van der Waals surface area (Å²) >= 11 is 9.70. The van der Waals surface area contributed by atoms with Gasteiger partial charge in [-0.2, -0.15) is 0 Å². The maximum atomic E-state index is 6.20. The first-order valence-corrected chi connectivity index (χ1v) is 7.48. The number of benzene rings is 1. The zero-order valence-electron chi connectivity index (χ0n) is 10.3. The molecule has 1 nitrogen and oxygen atoms in total. The average molecular weight is 317 g/mol. The molecule has 1 aliphatic heterocycles. The van der Waals surface area contributed by atoms with Crippen molar-refractivity contribution in [3.05, 3.63) is 33.3 Å². The van der Waals surface area contributed by atoms with Gasteiger partial charge in [0, 0.05) is 22.6 Å². The largest absolute Gasteiger partial charge is 0.303 e. The second-order valence-corrected chi connectivity index (χ2v) is 6.36. The number of hydrogen-bond donors (Lipinski definition) is 0. The van der Waals surface area contributed by atoms with Crippen LogP contribution in [0.2, 0.25) is 5.02 Å². The molecule has 1 aliphatic rings. The molecule has 0 bridgehead atoms. The van der Waals surface area contributed by atoms with Crippen molar-refractivity contribution >= 4 is 27.5 Å². The Labute approximate surface area is 117 Å². The molecular formula is C14H19BrClN. The van der Waals surface area contributed by atoms with Crippen LogP contribution in [0.5, 0.6) is 0 Å². The Hall–Kier alpha value is -0.0500. The molecule has 0 saturated carbocycles. The van der Waals surface area contributed by atoms with E-state index in [-0.39, 0.29) is 0 Å². The summed E-state index contributed by atoms with van der Waals surface area (Å²) in [6, 6.07) is 6.10. The van der Waals surface area contributed by atoms with Crippen molar-refractivity contribution in [1.29, 1.82) is 0 Å². The van der Waals surface area contributed by atoms with Crippen molar-refractivity contribution in [2.24, 2.45) is 5.92 Å². The van der Waals surface area contributed by atoms with Gasteiger partial charge in [0.15, 0.2) is 0 Å². The van der Waals surface area contributed by atoms with E-state index in [2.05, 4.69) is 33.8 Å². The summed E-state index contributed by atoms with van der Waals surface area (Å²) < 4.78 is 1.11. The van der Waals surface area contributed by atoms with E-state index >= 15 is 0 Å². The van der Waals surface area contributed by atoms with Crippen LogP contribution >= 0.6 is 27.5 Å². The van der Waals surface area contributed by atoms with Crippen molar-refractivity contribution < 1.29 is 0 Å². The van der Waals surface area contributed by atoms with Crippen molar-refractivity contribution in [2.75, 3.05) is 19.6 Å². The number of hydrogen-bond acceptors (Lipinski definition) is 1. The molecule has 0 N–H and O–H groups in total. The molecule has 1 aromatic rings. The van der Waals surface area contributed by atoms with Gasteiger partial charge in [-0.3, -0.25) is 0 Å². The van der Waals surface area contributed by atoms with Crippen LogP contribution in [0.4, 0.5) is 0 Å². The second kappa shape index (κ2) is 6.21. The lowest BCUT2D eigenvalue weighted by Gasteiger charge is -2.30. The summed E-state index contributed by atoms with van der Waals surface area (Å²) in [6.07, 6.45) is 3.77. The highest BCUT2D eigenvalue weighted by molar-refractivity contribution is 9.10. The summed E-state index contributed by atoms with van der Waals surface area (Å²) in [6.45, 7) is 5.96. The van der Waals surface area contributed by atoms with Crippen LogP contribution in [0.25, 0.3) is 0 Å². The molecule has 1 atom stereocenters. The Balaban J connectivity index is 1.90. The van der Waals surface area contributed by atoms with E-state index in [0.29, 0.717) is 0 Å². The van der Waals surface area contributed by atoms with E-state index in [4.69, 9.17) is 11.6 Å². The minimum atomic E-state index is 0.849. The Morgan fingerprint density at radius 1 is 1.47 bits per heavy atom. The first-order chi connectivity index (χ1) is 8.15. The summed E-state index contributed by atoms with van der Waals surface area (Å²) in [5, 5.41) is 0.887. The molecule has 17 heavy (non-hydrogen) atoms. The molecule has 0 amide bonds. The van der Waals surface area contributed by atoms with Crippen LogP contribution in [0.1, 0.15) is 25.3 Å². The fraction of sp³-hybridized carbons (Fsp3) is 0.571. The Morgan fingerprint density at radius 2 is 2.29 bits per heavy atom. The first-order valence-electron chi connectivity index (χ1n) is 6.31. The molecule has 1 unspecified atom stereocenters. The minimum Gasteiger partial charge on any atom is -0.303 e. The van der Waals surface area contributed by atoms with Gasteiger partial charge in [-0.1, -0.05) is 34.5 Å². The van der Waals surface area contributed by atoms with Gasteiger partial charge in [-0.15, -0.1) is 0 Å². The van der Waals surface area contributed by atoms with Gasteiger partial charge in [0.05, 0.1) is 0 Å². The molecule has 0 spiro atoms. The zero-order chi connectivity index (χ0) is 12.3. The summed E-state index contributed by atoms with van der Waals surface area (Å²) in [7, 11) is 0. The Kier molecular flexibility index (Phi) is 4.89. The van der Waals surface area contributed by atoms with E-state index < -0.39 is 0 Å². The molecule has 94 valence electrons. The highest BCUT2D eigenvalue weighted by Gasteiger charge is 2.16. The van der Waals surface area contributed by atoms with Crippen molar-refractivity contribution in [3.8, 4) is 0 Å². The second-order valence-electron chi connectivity index (χ2n) is 5.03. The predicted octanol–water partition coefficient (Wildman–Crippen LogP) is 4.38. The van der Waals surface area contributed by atoms with Crippen LogP contribution in [0, 0.1) is 5.92 Å². The van der Waals surface area contributed by atoms with Gasteiger partial charge >= 0.3 is 0 Å². The standard InChI is InChI=1S/C14H19BrClN/c1-11-3-2-7-17(10-11)8-6-12-9-13(15)4-5-14(12)16/h4-5,9,11H,2-3,6-8,10H2,1H3. The van der Waals surface area contributed by atoms with Crippen LogP contribution < -0.4 is 0 Å². The fourth-order valence-electron chi connectivity index (χ4n) is 2.50. The number of nitrogens with zero attached hydrogens (tertiary/aromatic N) is 1. The molecule has 1 heterocycles. The van der Waals surface area contributed by atoms with Crippen LogP contribution in [-0.4, -0.2) is 24.5 Å². The number of rotatable bonds is 3. The van der Waals surface area contributed by atoms with Crippen LogP contribution in [0.15, 0.2) is 22.7 Å². The van der Waals surface area contributed by atoms with E-state index in [0.717, 1.165) is 28.4 Å². The highest BCUT2D eigenvalue weighted by Crippen LogP contribution is 2.22. The predicted molar refractivity (Wildman–Crippen MR) is 77.7 cm³/mol. The van der Waals surface area contributed by atoms with E-state index in [1.54, 1.807) is 0 Å². The summed E-state index contributed by atoms with van der Waals surface area (Å²) in [5.41, 5.74) is 1.25. The van der Waals surface area contributed by atoms with E-state index in [1.165, 1.54) is 31.5 Å². The van der Waals surface area contributed by atoms with Gasteiger partial charge in [-0.25, -0.2) is 0 Å². The summed E-state index contributed by atoms with van der Waals surface area (Å²) in [4.78, 5) is 2.56. The van der Waals surface area contributed by atoms with Gasteiger partial charge in [0.2, 0.25) is 0 Å². The normalized spacial score (nSPS) is 21.7. The summed E-state index contributed by atoms with van der Waals surface area (Å²) in [5.74, 6) is 0.849. The van der Waals surface area contributed by atoms with Gasteiger partial charge in [0.25, 0.3) is 0 Å². The lowest BCUT2D eigenvalue weighted by Crippen LogP contribution is -2.35. The van der Waals surface area contributed by atoms with E-state index in [9.17, 15) is 0 Å². The molecule has 1 saturated heterocycles. The van der Waals surface area contributed by atoms with Gasteiger partial charge in [-0.05, 0) is 55.5 Å². The molecule has 0 aliphatic carbocycles. The Bertz CT molecular complexity index is 380. The van der Waals surface area contributed by atoms with Crippen molar-refractivity contribution in [2.45, 2.75) is 26.2 Å². The molecule has 1 fully saturated rings. The lowest BCUT2D eigenvalue weighted by molar-refractivity contribution is 0.186.